The molecule has 5 nitrogen and oxygen atoms in total. The van der Waals surface area contributed by atoms with Gasteiger partial charge in [0, 0.05) is 10.7 Å². The Labute approximate surface area is 137 Å². The summed E-state index contributed by atoms with van der Waals surface area (Å²) in [6.45, 7) is 0. The van der Waals surface area contributed by atoms with Crippen molar-refractivity contribution in [2.75, 3.05) is 10.0 Å². The maximum Gasteiger partial charge on any atom is 0.261 e. The summed E-state index contributed by atoms with van der Waals surface area (Å²) in [6.07, 6.45) is 0.163. The summed E-state index contributed by atoms with van der Waals surface area (Å²) in [7, 11) is -3.82. The topological polar surface area (TPSA) is 75.3 Å². The molecule has 0 radical (unpaired) electrons. The third-order valence-electron chi connectivity index (χ3n) is 3.18. The van der Waals surface area contributed by atoms with Crippen LogP contribution in [0.15, 0.2) is 41.3 Å². The van der Waals surface area contributed by atoms with Crippen molar-refractivity contribution in [3.63, 3.8) is 0 Å². The van der Waals surface area contributed by atoms with E-state index in [4.69, 9.17) is 23.2 Å². The second kappa shape index (κ2) is 5.46. The zero-order valence-electron chi connectivity index (χ0n) is 11.1. The summed E-state index contributed by atoms with van der Waals surface area (Å²) in [5.74, 6) is -0.157. The van der Waals surface area contributed by atoms with Crippen LogP contribution in [0.5, 0.6) is 0 Å². The molecule has 0 bridgehead atoms. The summed E-state index contributed by atoms with van der Waals surface area (Å²) < 4.78 is 27.3. The number of carbonyl (C=O) groups is 1. The van der Waals surface area contributed by atoms with E-state index in [2.05, 4.69) is 10.0 Å². The number of hydrogen-bond donors (Lipinski definition) is 2. The van der Waals surface area contributed by atoms with Crippen molar-refractivity contribution in [1.29, 1.82) is 0 Å². The number of amides is 1. The van der Waals surface area contributed by atoms with Gasteiger partial charge in [-0.1, -0.05) is 23.2 Å². The minimum absolute atomic E-state index is 0.0544. The van der Waals surface area contributed by atoms with Gasteiger partial charge < -0.3 is 5.32 Å². The molecular formula is C14H10Cl2N2O3S. The molecule has 1 aliphatic rings. The van der Waals surface area contributed by atoms with Crippen molar-refractivity contribution in [3.05, 3.63) is 52.0 Å². The van der Waals surface area contributed by atoms with Crippen LogP contribution in [0.3, 0.4) is 0 Å². The summed E-state index contributed by atoms with van der Waals surface area (Å²) >= 11 is 11.8. The molecule has 1 aliphatic heterocycles. The van der Waals surface area contributed by atoms with E-state index in [1.54, 1.807) is 12.1 Å². The van der Waals surface area contributed by atoms with Gasteiger partial charge in [0.15, 0.2) is 0 Å². The van der Waals surface area contributed by atoms with E-state index in [9.17, 15) is 13.2 Å². The molecule has 3 rings (SSSR count). The van der Waals surface area contributed by atoms with Gasteiger partial charge in [-0.25, -0.2) is 8.42 Å². The van der Waals surface area contributed by atoms with E-state index in [-0.39, 0.29) is 27.9 Å². The molecular weight excluding hydrogens is 347 g/mol. The lowest BCUT2D eigenvalue weighted by atomic mass is 10.2. The fraction of sp³-hybridized carbons (Fsp3) is 0.0714. The number of fused-ring (bicyclic) bond motifs is 1. The van der Waals surface area contributed by atoms with E-state index in [1.165, 1.54) is 24.3 Å². The van der Waals surface area contributed by atoms with Gasteiger partial charge in [-0.15, -0.1) is 0 Å². The Bertz CT molecular complexity index is 882. The highest BCUT2D eigenvalue weighted by atomic mass is 35.5. The number of halogens is 2. The van der Waals surface area contributed by atoms with Crippen molar-refractivity contribution < 1.29 is 13.2 Å². The van der Waals surface area contributed by atoms with Gasteiger partial charge in [0.25, 0.3) is 10.0 Å². The van der Waals surface area contributed by atoms with Gasteiger partial charge in [0.1, 0.15) is 0 Å². The molecule has 2 N–H and O–H groups in total. The standard InChI is InChI=1S/C14H10Cl2N2O3S/c15-9-1-3-11(16)13(7-9)18-22(20,21)10-2-4-12-8(5-10)6-14(19)17-12/h1-5,7,18H,6H2,(H,17,19). The molecule has 0 atom stereocenters. The minimum Gasteiger partial charge on any atom is -0.326 e. The molecule has 0 spiro atoms. The maximum absolute atomic E-state index is 12.4. The Kier molecular flexibility index (Phi) is 3.76. The second-order valence-electron chi connectivity index (χ2n) is 4.77. The number of benzene rings is 2. The Morgan fingerprint density at radius 1 is 1.09 bits per heavy atom. The smallest absolute Gasteiger partial charge is 0.261 e. The van der Waals surface area contributed by atoms with Crippen LogP contribution in [-0.2, 0) is 21.2 Å². The van der Waals surface area contributed by atoms with Gasteiger partial charge in [-0.05, 0) is 42.0 Å². The van der Waals surface area contributed by atoms with Crippen LogP contribution in [-0.4, -0.2) is 14.3 Å². The normalized spacial score (nSPS) is 13.6. The van der Waals surface area contributed by atoms with Crippen LogP contribution in [0.1, 0.15) is 5.56 Å². The minimum atomic E-state index is -3.82. The van der Waals surface area contributed by atoms with Crippen molar-refractivity contribution in [3.8, 4) is 0 Å². The first-order valence-corrected chi connectivity index (χ1v) is 8.50. The molecule has 2 aromatic rings. The average Bonchev–Trinajstić information content (AvgIpc) is 2.81. The highest BCUT2D eigenvalue weighted by molar-refractivity contribution is 7.92. The zero-order valence-corrected chi connectivity index (χ0v) is 13.4. The number of hydrogen-bond acceptors (Lipinski definition) is 3. The summed E-state index contributed by atoms with van der Waals surface area (Å²) in [4.78, 5) is 11.4. The van der Waals surface area contributed by atoms with E-state index in [0.717, 1.165) is 0 Å². The molecule has 0 saturated heterocycles. The fourth-order valence-electron chi connectivity index (χ4n) is 2.15. The molecule has 0 unspecified atom stereocenters. The molecule has 22 heavy (non-hydrogen) atoms. The molecule has 0 aromatic heterocycles. The molecule has 1 heterocycles. The van der Waals surface area contributed by atoms with Crippen LogP contribution in [0.4, 0.5) is 11.4 Å². The van der Waals surface area contributed by atoms with Crippen LogP contribution < -0.4 is 10.0 Å². The lowest BCUT2D eigenvalue weighted by molar-refractivity contribution is -0.115. The summed E-state index contributed by atoms with van der Waals surface area (Å²) in [5.41, 5.74) is 1.47. The highest BCUT2D eigenvalue weighted by Gasteiger charge is 2.22. The van der Waals surface area contributed by atoms with Crippen LogP contribution in [0.2, 0.25) is 10.0 Å². The maximum atomic E-state index is 12.4. The number of nitrogens with one attached hydrogen (secondary N) is 2. The van der Waals surface area contributed by atoms with Crippen LogP contribution in [0.25, 0.3) is 0 Å². The Balaban J connectivity index is 1.95. The van der Waals surface area contributed by atoms with Crippen LogP contribution >= 0.6 is 23.2 Å². The van der Waals surface area contributed by atoms with Crippen LogP contribution in [0, 0.1) is 0 Å². The molecule has 114 valence electrons. The van der Waals surface area contributed by atoms with Gasteiger partial charge in [0.2, 0.25) is 5.91 Å². The van der Waals surface area contributed by atoms with E-state index in [1.807, 2.05) is 0 Å². The molecule has 0 fully saturated rings. The van der Waals surface area contributed by atoms with Gasteiger partial charge in [-0.3, -0.25) is 9.52 Å². The first-order valence-electron chi connectivity index (χ1n) is 6.26. The largest absolute Gasteiger partial charge is 0.326 e. The quantitative estimate of drug-likeness (QED) is 0.885. The van der Waals surface area contributed by atoms with Crippen molar-refractivity contribution >= 4 is 50.5 Å². The first-order chi connectivity index (χ1) is 10.3. The average molecular weight is 357 g/mol. The number of sulfonamides is 1. The number of carbonyl (C=O) groups excluding carboxylic acids is 1. The Morgan fingerprint density at radius 2 is 1.86 bits per heavy atom. The SMILES string of the molecule is O=C1Cc2cc(S(=O)(=O)Nc3cc(Cl)ccc3Cl)ccc2N1. The van der Waals surface area contributed by atoms with Crippen molar-refractivity contribution in [2.24, 2.45) is 0 Å². The zero-order chi connectivity index (χ0) is 15.9. The molecule has 0 aliphatic carbocycles. The third kappa shape index (κ3) is 2.90. The Hall–Kier alpha value is -1.76. The molecule has 1 amide bonds. The van der Waals surface area contributed by atoms with E-state index in [0.29, 0.717) is 16.3 Å². The monoisotopic (exact) mass is 356 g/mol. The van der Waals surface area contributed by atoms with Crippen molar-refractivity contribution in [2.45, 2.75) is 11.3 Å². The van der Waals surface area contributed by atoms with E-state index < -0.39 is 10.0 Å². The highest BCUT2D eigenvalue weighted by Crippen LogP contribution is 2.30. The molecule has 2 aromatic carbocycles. The van der Waals surface area contributed by atoms with Gasteiger partial charge in [0.05, 0.1) is 22.0 Å². The number of rotatable bonds is 3. The second-order valence-corrected chi connectivity index (χ2v) is 7.30. The first kappa shape index (κ1) is 15.1. The Morgan fingerprint density at radius 3 is 2.64 bits per heavy atom. The summed E-state index contributed by atoms with van der Waals surface area (Å²) in [5, 5.41) is 3.26. The fourth-order valence-corrected chi connectivity index (χ4v) is 3.67. The van der Waals surface area contributed by atoms with Crippen molar-refractivity contribution in [1.82, 2.24) is 0 Å². The molecule has 8 heteroatoms. The van der Waals surface area contributed by atoms with Gasteiger partial charge >= 0.3 is 0 Å². The predicted molar refractivity (Wildman–Crippen MR) is 86.0 cm³/mol. The third-order valence-corrected chi connectivity index (χ3v) is 5.11. The molecule has 0 saturated carbocycles. The lowest BCUT2D eigenvalue weighted by Crippen LogP contribution is -2.13. The number of anilines is 2. The lowest BCUT2D eigenvalue weighted by Gasteiger charge is -2.11. The van der Waals surface area contributed by atoms with E-state index >= 15 is 0 Å². The predicted octanol–water partition coefficient (Wildman–Crippen LogP) is 3.29. The summed E-state index contributed by atoms with van der Waals surface area (Å²) in [6, 6.07) is 8.95. The van der Waals surface area contributed by atoms with Gasteiger partial charge in [-0.2, -0.15) is 0 Å².